The van der Waals surface area contributed by atoms with E-state index in [2.05, 4.69) is 24.3 Å². The van der Waals surface area contributed by atoms with Gasteiger partial charge in [-0.2, -0.15) is 0 Å². The summed E-state index contributed by atoms with van der Waals surface area (Å²) < 4.78 is 5.64. The maximum Gasteiger partial charge on any atom is 0.225 e. The molecule has 1 heterocycles. The zero-order chi connectivity index (χ0) is 15.5. The highest BCUT2D eigenvalue weighted by Crippen LogP contribution is 2.31. The number of carbonyl (C=O) groups excluding carboxylic acids is 1. The second-order valence-electron chi connectivity index (χ2n) is 6.62. The van der Waals surface area contributed by atoms with Gasteiger partial charge in [-0.15, -0.1) is 0 Å². The molecule has 2 fully saturated rings. The average molecular weight is 303 g/mol. The Morgan fingerprint density at radius 2 is 2.05 bits per heavy atom. The molecule has 0 spiro atoms. The third-order valence-electron chi connectivity index (χ3n) is 5.08. The molecule has 0 unspecified atom stereocenters. The van der Waals surface area contributed by atoms with Crippen molar-refractivity contribution in [3.05, 3.63) is 35.9 Å². The molecule has 0 aromatic heterocycles. The van der Waals surface area contributed by atoms with Gasteiger partial charge in [0, 0.05) is 32.0 Å². The van der Waals surface area contributed by atoms with Crippen LogP contribution in [0.15, 0.2) is 30.3 Å². The molecule has 1 aromatic rings. The van der Waals surface area contributed by atoms with Crippen LogP contribution in [0.2, 0.25) is 0 Å². The second kappa shape index (κ2) is 6.80. The van der Waals surface area contributed by atoms with Gasteiger partial charge >= 0.3 is 0 Å². The molecular formula is C18H25NO3. The van der Waals surface area contributed by atoms with Crippen LogP contribution >= 0.6 is 0 Å². The van der Waals surface area contributed by atoms with Crippen molar-refractivity contribution in [1.29, 1.82) is 0 Å². The SMILES string of the molecule is CO[C@H]1CCN(C(=O)C2CC(O)C2)C[C@H]1Cc1ccccc1. The van der Waals surface area contributed by atoms with Gasteiger partial charge in [-0.1, -0.05) is 30.3 Å². The van der Waals surface area contributed by atoms with Gasteiger partial charge < -0.3 is 14.7 Å². The van der Waals surface area contributed by atoms with Crippen molar-refractivity contribution in [2.45, 2.75) is 37.9 Å². The maximum absolute atomic E-state index is 12.5. The zero-order valence-electron chi connectivity index (χ0n) is 13.1. The van der Waals surface area contributed by atoms with E-state index in [4.69, 9.17) is 4.74 Å². The first-order valence-corrected chi connectivity index (χ1v) is 8.21. The van der Waals surface area contributed by atoms with Crippen molar-refractivity contribution in [2.24, 2.45) is 11.8 Å². The van der Waals surface area contributed by atoms with E-state index in [1.165, 1.54) is 5.56 Å². The summed E-state index contributed by atoms with van der Waals surface area (Å²) in [7, 11) is 1.77. The number of nitrogens with zero attached hydrogens (tertiary/aromatic N) is 1. The molecule has 4 heteroatoms. The third kappa shape index (κ3) is 3.33. The summed E-state index contributed by atoms with van der Waals surface area (Å²) in [5.41, 5.74) is 1.29. The minimum Gasteiger partial charge on any atom is -0.393 e. The van der Waals surface area contributed by atoms with Crippen molar-refractivity contribution in [3.8, 4) is 0 Å². The molecule has 1 amide bonds. The van der Waals surface area contributed by atoms with Gasteiger partial charge in [0.1, 0.15) is 0 Å². The molecule has 2 aliphatic rings. The Kier molecular flexibility index (Phi) is 4.79. The lowest BCUT2D eigenvalue weighted by Crippen LogP contribution is -2.51. The number of methoxy groups -OCH3 is 1. The minimum absolute atomic E-state index is 0.0338. The molecule has 1 saturated carbocycles. The Hall–Kier alpha value is -1.39. The van der Waals surface area contributed by atoms with Gasteiger partial charge in [-0.3, -0.25) is 4.79 Å². The fourth-order valence-corrected chi connectivity index (χ4v) is 3.68. The lowest BCUT2D eigenvalue weighted by atomic mass is 9.80. The molecule has 120 valence electrons. The molecule has 1 aliphatic heterocycles. The van der Waals surface area contributed by atoms with E-state index in [-0.39, 0.29) is 24.0 Å². The number of aliphatic hydroxyl groups excluding tert-OH is 1. The largest absolute Gasteiger partial charge is 0.393 e. The van der Waals surface area contributed by atoms with Crippen molar-refractivity contribution < 1.29 is 14.6 Å². The summed E-state index contributed by atoms with van der Waals surface area (Å²) in [6.07, 6.45) is 3.05. The molecule has 1 N–H and O–H groups in total. The zero-order valence-corrected chi connectivity index (χ0v) is 13.1. The van der Waals surface area contributed by atoms with Crippen LogP contribution < -0.4 is 0 Å². The number of ether oxygens (including phenoxy) is 1. The van der Waals surface area contributed by atoms with Gasteiger partial charge in [0.2, 0.25) is 5.91 Å². The van der Waals surface area contributed by atoms with Crippen LogP contribution in [0.4, 0.5) is 0 Å². The molecule has 1 aliphatic carbocycles. The average Bonchev–Trinajstić information content (AvgIpc) is 2.52. The Labute approximate surface area is 132 Å². The van der Waals surface area contributed by atoms with Crippen LogP contribution in [-0.4, -0.2) is 48.3 Å². The molecule has 0 bridgehead atoms. The normalized spacial score (nSPS) is 31.6. The van der Waals surface area contributed by atoms with Crippen LogP contribution in [0, 0.1) is 11.8 Å². The number of rotatable bonds is 4. The Bertz CT molecular complexity index is 498. The van der Waals surface area contributed by atoms with E-state index in [0.717, 1.165) is 25.9 Å². The monoisotopic (exact) mass is 303 g/mol. The van der Waals surface area contributed by atoms with Gasteiger partial charge in [0.15, 0.2) is 0 Å². The molecule has 22 heavy (non-hydrogen) atoms. The van der Waals surface area contributed by atoms with Crippen LogP contribution in [0.3, 0.4) is 0 Å². The molecule has 1 saturated heterocycles. The van der Waals surface area contributed by atoms with Crippen molar-refractivity contribution >= 4 is 5.91 Å². The first kappa shape index (κ1) is 15.5. The number of likely N-dealkylation sites (tertiary alicyclic amines) is 1. The lowest BCUT2D eigenvalue weighted by molar-refractivity contribution is -0.146. The number of hydrogen-bond donors (Lipinski definition) is 1. The molecule has 2 atom stereocenters. The summed E-state index contributed by atoms with van der Waals surface area (Å²) in [6, 6.07) is 10.4. The summed E-state index contributed by atoms with van der Waals surface area (Å²) in [6.45, 7) is 1.54. The van der Waals surface area contributed by atoms with Crippen molar-refractivity contribution in [3.63, 3.8) is 0 Å². The Balaban J connectivity index is 1.63. The quantitative estimate of drug-likeness (QED) is 0.924. The second-order valence-corrected chi connectivity index (χ2v) is 6.62. The smallest absolute Gasteiger partial charge is 0.225 e. The van der Waals surface area contributed by atoms with E-state index in [9.17, 15) is 9.90 Å². The van der Waals surface area contributed by atoms with E-state index in [1.807, 2.05) is 11.0 Å². The van der Waals surface area contributed by atoms with Crippen molar-refractivity contribution in [2.75, 3.05) is 20.2 Å². The van der Waals surface area contributed by atoms with Crippen molar-refractivity contribution in [1.82, 2.24) is 4.90 Å². The minimum atomic E-state index is -0.273. The van der Waals surface area contributed by atoms with Crippen LogP contribution in [0.5, 0.6) is 0 Å². The number of amides is 1. The highest BCUT2D eigenvalue weighted by atomic mass is 16.5. The molecule has 4 nitrogen and oxygen atoms in total. The lowest BCUT2D eigenvalue weighted by Gasteiger charge is -2.41. The van der Waals surface area contributed by atoms with Gasteiger partial charge in [0.05, 0.1) is 12.2 Å². The highest BCUT2D eigenvalue weighted by molar-refractivity contribution is 5.80. The van der Waals surface area contributed by atoms with Gasteiger partial charge in [-0.05, 0) is 31.2 Å². The highest BCUT2D eigenvalue weighted by Gasteiger charge is 2.39. The number of carbonyl (C=O) groups is 1. The van der Waals surface area contributed by atoms with E-state index < -0.39 is 0 Å². The first-order chi connectivity index (χ1) is 10.7. The number of piperidine rings is 1. The third-order valence-corrected chi connectivity index (χ3v) is 5.08. The molecule has 0 radical (unpaired) electrons. The maximum atomic E-state index is 12.5. The summed E-state index contributed by atoms with van der Waals surface area (Å²) in [4.78, 5) is 14.5. The van der Waals surface area contributed by atoms with Crippen LogP contribution in [-0.2, 0) is 16.0 Å². The topological polar surface area (TPSA) is 49.8 Å². The van der Waals surface area contributed by atoms with Crippen LogP contribution in [0.25, 0.3) is 0 Å². The van der Waals surface area contributed by atoms with E-state index >= 15 is 0 Å². The summed E-state index contributed by atoms with van der Waals surface area (Å²) in [5, 5.41) is 9.40. The number of hydrogen-bond acceptors (Lipinski definition) is 3. The molecule has 3 rings (SSSR count). The fourth-order valence-electron chi connectivity index (χ4n) is 3.68. The fraction of sp³-hybridized carbons (Fsp3) is 0.611. The Morgan fingerprint density at radius 3 is 2.68 bits per heavy atom. The Morgan fingerprint density at radius 1 is 1.32 bits per heavy atom. The van der Waals surface area contributed by atoms with Gasteiger partial charge in [-0.25, -0.2) is 0 Å². The summed E-state index contributed by atoms with van der Waals surface area (Å²) in [5.74, 6) is 0.597. The molecule has 1 aromatic carbocycles. The van der Waals surface area contributed by atoms with E-state index in [0.29, 0.717) is 18.8 Å². The number of aliphatic hydroxyl groups is 1. The predicted octanol–water partition coefficient (Wildman–Crippen LogP) is 1.86. The number of benzene rings is 1. The standard InChI is InChI=1S/C18H25NO3/c1-22-17-7-8-19(18(21)14-10-16(20)11-14)12-15(17)9-13-5-3-2-4-6-13/h2-6,14-17,20H,7-12H2,1H3/t14?,15-,16?,17+/m1/s1. The van der Waals surface area contributed by atoms with E-state index in [1.54, 1.807) is 7.11 Å². The van der Waals surface area contributed by atoms with Crippen LogP contribution in [0.1, 0.15) is 24.8 Å². The first-order valence-electron chi connectivity index (χ1n) is 8.21. The molecular weight excluding hydrogens is 278 g/mol. The predicted molar refractivity (Wildman–Crippen MR) is 84.4 cm³/mol. The summed E-state index contributed by atoms with van der Waals surface area (Å²) >= 11 is 0. The van der Waals surface area contributed by atoms with Gasteiger partial charge in [0.25, 0.3) is 0 Å².